The molecule has 2 aromatic carbocycles. The van der Waals surface area contributed by atoms with Crippen LogP contribution in [0.25, 0.3) is 0 Å². The Morgan fingerprint density at radius 3 is 2.44 bits per heavy atom. The van der Waals surface area contributed by atoms with Crippen molar-refractivity contribution in [3.8, 4) is 5.75 Å². The second-order valence-electron chi connectivity index (χ2n) is 6.32. The molecule has 0 saturated heterocycles. The van der Waals surface area contributed by atoms with Crippen LogP contribution in [0.5, 0.6) is 5.75 Å². The van der Waals surface area contributed by atoms with Crippen molar-refractivity contribution < 1.29 is 9.53 Å². The number of benzene rings is 2. The standard InChI is InChI=1S/C22H29NO2/c1-6-17-12-13-21(16(4)14-17)25-15-19-18(7-2)10-9-11-20(19)23(5)22(24)8-3/h9-14H,6-8,15H2,1-5H3. The summed E-state index contributed by atoms with van der Waals surface area (Å²) in [7, 11) is 1.84. The van der Waals surface area contributed by atoms with Gasteiger partial charge in [0.25, 0.3) is 0 Å². The van der Waals surface area contributed by atoms with Crippen molar-refractivity contribution in [1.29, 1.82) is 0 Å². The number of aryl methyl sites for hydroxylation is 3. The van der Waals surface area contributed by atoms with E-state index in [1.54, 1.807) is 4.90 Å². The largest absolute Gasteiger partial charge is 0.489 e. The van der Waals surface area contributed by atoms with E-state index in [0.717, 1.165) is 35.4 Å². The third-order valence-electron chi connectivity index (χ3n) is 4.69. The smallest absolute Gasteiger partial charge is 0.226 e. The number of amides is 1. The Morgan fingerprint density at radius 1 is 1.08 bits per heavy atom. The van der Waals surface area contributed by atoms with E-state index in [1.165, 1.54) is 11.1 Å². The van der Waals surface area contributed by atoms with Gasteiger partial charge in [-0.05, 0) is 48.6 Å². The Bertz CT molecular complexity index is 737. The lowest BCUT2D eigenvalue weighted by Gasteiger charge is -2.23. The van der Waals surface area contributed by atoms with Gasteiger partial charge < -0.3 is 9.64 Å². The van der Waals surface area contributed by atoms with Gasteiger partial charge in [-0.25, -0.2) is 0 Å². The fourth-order valence-corrected chi connectivity index (χ4v) is 3.05. The molecule has 0 aliphatic carbocycles. The second kappa shape index (κ2) is 8.70. The molecule has 0 aliphatic heterocycles. The van der Waals surface area contributed by atoms with Crippen molar-refractivity contribution in [3.63, 3.8) is 0 Å². The number of carbonyl (C=O) groups is 1. The molecule has 0 unspecified atom stereocenters. The first-order valence-corrected chi connectivity index (χ1v) is 9.11. The fraction of sp³-hybridized carbons (Fsp3) is 0.409. The molecule has 1 amide bonds. The van der Waals surface area contributed by atoms with Gasteiger partial charge in [0, 0.05) is 19.0 Å². The Hall–Kier alpha value is -2.29. The van der Waals surface area contributed by atoms with E-state index in [1.807, 2.05) is 32.2 Å². The highest BCUT2D eigenvalue weighted by atomic mass is 16.5. The van der Waals surface area contributed by atoms with E-state index in [9.17, 15) is 4.79 Å². The minimum Gasteiger partial charge on any atom is -0.489 e. The highest BCUT2D eigenvalue weighted by Crippen LogP contribution is 2.27. The summed E-state index contributed by atoms with van der Waals surface area (Å²) in [4.78, 5) is 13.9. The maximum absolute atomic E-state index is 12.1. The molecule has 0 saturated carbocycles. The molecule has 0 fully saturated rings. The van der Waals surface area contributed by atoms with Crippen LogP contribution in [0.1, 0.15) is 49.4 Å². The number of anilines is 1. The van der Waals surface area contributed by atoms with Crippen LogP contribution < -0.4 is 9.64 Å². The normalized spacial score (nSPS) is 10.6. The highest BCUT2D eigenvalue weighted by molar-refractivity contribution is 5.93. The lowest BCUT2D eigenvalue weighted by Crippen LogP contribution is -2.26. The number of rotatable bonds is 7. The van der Waals surface area contributed by atoms with Crippen LogP contribution in [0.15, 0.2) is 36.4 Å². The van der Waals surface area contributed by atoms with Crippen LogP contribution in [0.4, 0.5) is 5.69 Å². The molecule has 0 atom stereocenters. The van der Waals surface area contributed by atoms with Crippen LogP contribution >= 0.6 is 0 Å². The molecular weight excluding hydrogens is 310 g/mol. The molecule has 3 heteroatoms. The summed E-state index contributed by atoms with van der Waals surface area (Å²) < 4.78 is 6.13. The molecule has 2 rings (SSSR count). The minimum absolute atomic E-state index is 0.109. The van der Waals surface area contributed by atoms with Gasteiger partial charge in [0.1, 0.15) is 12.4 Å². The molecule has 0 aromatic heterocycles. The zero-order valence-electron chi connectivity index (χ0n) is 16.1. The molecule has 0 N–H and O–H groups in total. The third-order valence-corrected chi connectivity index (χ3v) is 4.69. The van der Waals surface area contributed by atoms with Gasteiger partial charge in [-0.1, -0.05) is 45.0 Å². The van der Waals surface area contributed by atoms with Gasteiger partial charge in [0.05, 0.1) is 5.69 Å². The van der Waals surface area contributed by atoms with Crippen LogP contribution in [0.3, 0.4) is 0 Å². The van der Waals surface area contributed by atoms with E-state index in [4.69, 9.17) is 4.74 Å². The predicted octanol–water partition coefficient (Wildman–Crippen LogP) is 5.07. The summed E-state index contributed by atoms with van der Waals surface area (Å²) in [6.45, 7) is 8.71. The molecular formula is C22H29NO2. The number of ether oxygens (including phenoxy) is 1. The number of hydrogen-bond donors (Lipinski definition) is 0. The average molecular weight is 339 g/mol. The zero-order valence-corrected chi connectivity index (χ0v) is 16.1. The van der Waals surface area contributed by atoms with Gasteiger partial charge in [-0.3, -0.25) is 4.79 Å². The van der Waals surface area contributed by atoms with Gasteiger partial charge in [-0.2, -0.15) is 0 Å². The van der Waals surface area contributed by atoms with E-state index >= 15 is 0 Å². The van der Waals surface area contributed by atoms with Crippen LogP contribution in [0.2, 0.25) is 0 Å². The van der Waals surface area contributed by atoms with Gasteiger partial charge in [0.2, 0.25) is 5.91 Å². The summed E-state index contributed by atoms with van der Waals surface area (Å²) >= 11 is 0. The Morgan fingerprint density at radius 2 is 1.84 bits per heavy atom. The second-order valence-corrected chi connectivity index (χ2v) is 6.32. The fourth-order valence-electron chi connectivity index (χ4n) is 3.05. The van der Waals surface area contributed by atoms with Gasteiger partial charge >= 0.3 is 0 Å². The minimum atomic E-state index is 0.109. The molecule has 0 aliphatic rings. The summed E-state index contributed by atoms with van der Waals surface area (Å²) in [5.41, 5.74) is 5.71. The summed E-state index contributed by atoms with van der Waals surface area (Å²) in [5, 5.41) is 0. The van der Waals surface area contributed by atoms with Gasteiger partial charge in [0.15, 0.2) is 0 Å². The zero-order chi connectivity index (χ0) is 18.4. The maximum Gasteiger partial charge on any atom is 0.226 e. The SMILES string of the molecule is CCC(=O)N(C)c1cccc(CC)c1COc1ccc(CC)cc1C. The summed E-state index contributed by atoms with van der Waals surface area (Å²) in [6.07, 6.45) is 2.42. The molecule has 2 aromatic rings. The monoisotopic (exact) mass is 339 g/mol. The first kappa shape index (κ1) is 19.0. The van der Waals surface area contributed by atoms with Crippen LogP contribution in [0, 0.1) is 6.92 Å². The topological polar surface area (TPSA) is 29.5 Å². The molecule has 0 radical (unpaired) electrons. The van der Waals surface area contributed by atoms with E-state index in [0.29, 0.717) is 13.0 Å². The van der Waals surface area contributed by atoms with E-state index in [-0.39, 0.29) is 5.91 Å². The Kier molecular flexibility index (Phi) is 6.63. The first-order valence-electron chi connectivity index (χ1n) is 9.11. The van der Waals surface area contributed by atoms with Crippen molar-refractivity contribution in [2.45, 2.75) is 53.6 Å². The predicted molar refractivity (Wildman–Crippen MR) is 104 cm³/mol. The lowest BCUT2D eigenvalue weighted by molar-refractivity contribution is -0.118. The van der Waals surface area contributed by atoms with Crippen molar-refractivity contribution in [2.75, 3.05) is 11.9 Å². The summed E-state index contributed by atoms with van der Waals surface area (Å²) in [6, 6.07) is 12.5. The molecule has 0 bridgehead atoms. The number of hydrogen-bond acceptors (Lipinski definition) is 2. The third kappa shape index (κ3) is 4.41. The molecule has 3 nitrogen and oxygen atoms in total. The van der Waals surface area contributed by atoms with E-state index in [2.05, 4.69) is 39.0 Å². The Balaban J connectivity index is 2.30. The van der Waals surface area contributed by atoms with E-state index < -0.39 is 0 Å². The number of nitrogens with zero attached hydrogens (tertiary/aromatic N) is 1. The molecule has 134 valence electrons. The average Bonchev–Trinajstić information content (AvgIpc) is 2.65. The summed E-state index contributed by atoms with van der Waals surface area (Å²) in [5.74, 6) is 1.01. The van der Waals surface area contributed by atoms with Crippen molar-refractivity contribution in [2.24, 2.45) is 0 Å². The first-order chi connectivity index (χ1) is 12.0. The Labute approximate surface area is 151 Å². The lowest BCUT2D eigenvalue weighted by atomic mass is 10.0. The highest BCUT2D eigenvalue weighted by Gasteiger charge is 2.16. The van der Waals surface area contributed by atoms with Crippen molar-refractivity contribution in [3.05, 3.63) is 58.7 Å². The molecule has 0 heterocycles. The van der Waals surface area contributed by atoms with Gasteiger partial charge in [-0.15, -0.1) is 0 Å². The number of carbonyl (C=O) groups excluding carboxylic acids is 1. The quantitative estimate of drug-likeness (QED) is 0.704. The molecule has 0 spiro atoms. The van der Waals surface area contributed by atoms with Crippen molar-refractivity contribution in [1.82, 2.24) is 0 Å². The molecule has 25 heavy (non-hydrogen) atoms. The van der Waals surface area contributed by atoms with Crippen LogP contribution in [-0.2, 0) is 24.2 Å². The van der Waals surface area contributed by atoms with Crippen molar-refractivity contribution >= 4 is 11.6 Å². The maximum atomic E-state index is 12.1. The van der Waals surface area contributed by atoms with Crippen LogP contribution in [-0.4, -0.2) is 13.0 Å².